The Bertz CT molecular complexity index is 285. The van der Waals surface area contributed by atoms with E-state index in [4.69, 9.17) is 9.47 Å². The molecule has 0 aliphatic rings. The molecule has 0 unspecified atom stereocenters. The molecule has 0 heterocycles. The van der Waals surface area contributed by atoms with Crippen molar-refractivity contribution in [2.24, 2.45) is 0 Å². The molecule has 1 aromatic rings. The fourth-order valence-electron chi connectivity index (χ4n) is 1.14. The summed E-state index contributed by atoms with van der Waals surface area (Å²) in [4.78, 5) is 0. The second kappa shape index (κ2) is 6.51. The van der Waals surface area contributed by atoms with E-state index >= 15 is 0 Å². The molecule has 0 aliphatic heterocycles. The molecular formula is C13H22NO2+. The third-order valence-corrected chi connectivity index (χ3v) is 2.54. The van der Waals surface area contributed by atoms with Crippen molar-refractivity contribution >= 4 is 0 Å². The summed E-state index contributed by atoms with van der Waals surface area (Å²) in [6, 6.07) is 9.81. The van der Waals surface area contributed by atoms with Crippen LogP contribution in [-0.2, 0) is 4.74 Å². The van der Waals surface area contributed by atoms with Crippen molar-refractivity contribution in [2.75, 3.05) is 40.6 Å². The Morgan fingerprint density at radius 3 is 2.38 bits per heavy atom. The molecule has 3 nitrogen and oxygen atoms in total. The van der Waals surface area contributed by atoms with Gasteiger partial charge in [0.1, 0.15) is 12.4 Å². The van der Waals surface area contributed by atoms with Crippen molar-refractivity contribution in [1.82, 2.24) is 0 Å². The minimum Gasteiger partial charge on any atom is -0.491 e. The molecule has 0 spiro atoms. The van der Waals surface area contributed by atoms with E-state index in [0.717, 1.165) is 23.5 Å². The average Bonchev–Trinajstić information content (AvgIpc) is 2.30. The average molecular weight is 224 g/mol. The summed E-state index contributed by atoms with van der Waals surface area (Å²) in [5.74, 6) is 0.898. The summed E-state index contributed by atoms with van der Waals surface area (Å²) in [5, 5.41) is 0. The highest BCUT2D eigenvalue weighted by molar-refractivity contribution is 5.20. The van der Waals surface area contributed by atoms with E-state index in [2.05, 4.69) is 21.0 Å². The first-order valence-corrected chi connectivity index (χ1v) is 5.71. The third-order valence-electron chi connectivity index (χ3n) is 2.54. The van der Waals surface area contributed by atoms with Crippen LogP contribution >= 0.6 is 0 Å². The van der Waals surface area contributed by atoms with Crippen molar-refractivity contribution in [3.8, 4) is 5.75 Å². The van der Waals surface area contributed by atoms with E-state index < -0.39 is 0 Å². The van der Waals surface area contributed by atoms with Crippen molar-refractivity contribution in [1.29, 1.82) is 0 Å². The van der Waals surface area contributed by atoms with Gasteiger partial charge in [-0.2, -0.15) is 0 Å². The minimum absolute atomic E-state index is 0.605. The second-order valence-electron chi connectivity index (χ2n) is 4.45. The van der Waals surface area contributed by atoms with Gasteiger partial charge in [-0.15, -0.1) is 0 Å². The van der Waals surface area contributed by atoms with E-state index in [9.17, 15) is 0 Å². The molecular weight excluding hydrogens is 202 g/mol. The lowest BCUT2D eigenvalue weighted by Crippen LogP contribution is -2.41. The zero-order valence-corrected chi connectivity index (χ0v) is 10.5. The second-order valence-corrected chi connectivity index (χ2v) is 4.45. The maximum atomic E-state index is 5.56. The molecule has 0 bridgehead atoms. The largest absolute Gasteiger partial charge is 0.491 e. The molecule has 0 amide bonds. The predicted octanol–water partition coefficient (Wildman–Crippen LogP) is 2.14. The molecule has 3 heteroatoms. The van der Waals surface area contributed by atoms with Crippen molar-refractivity contribution in [3.63, 3.8) is 0 Å². The topological polar surface area (TPSA) is 18.5 Å². The summed E-state index contributed by atoms with van der Waals surface area (Å²) in [6.07, 6.45) is 0. The zero-order chi connectivity index (χ0) is 11.9. The molecule has 90 valence electrons. The Morgan fingerprint density at radius 1 is 1.06 bits per heavy atom. The summed E-state index contributed by atoms with van der Waals surface area (Å²) in [5.41, 5.74) is 0. The van der Waals surface area contributed by atoms with Gasteiger partial charge in [0.25, 0.3) is 0 Å². The molecule has 0 aromatic heterocycles. The summed E-state index contributed by atoms with van der Waals surface area (Å²) < 4.78 is 12.0. The molecule has 0 saturated carbocycles. The summed E-state index contributed by atoms with van der Waals surface area (Å²) in [6.45, 7) is 5.20. The number of benzene rings is 1. The number of quaternary nitrogens is 1. The number of hydrogen-bond acceptors (Lipinski definition) is 2. The highest BCUT2D eigenvalue weighted by atomic mass is 16.5. The van der Waals surface area contributed by atoms with Crippen LogP contribution in [0.4, 0.5) is 0 Å². The van der Waals surface area contributed by atoms with Gasteiger partial charge < -0.3 is 14.0 Å². The highest BCUT2D eigenvalue weighted by Crippen LogP contribution is 2.07. The van der Waals surface area contributed by atoms with Crippen LogP contribution in [0.25, 0.3) is 0 Å². The van der Waals surface area contributed by atoms with Gasteiger partial charge in [-0.05, 0) is 19.1 Å². The number of ether oxygens (including phenoxy) is 2. The van der Waals surface area contributed by atoms with Gasteiger partial charge in [-0.1, -0.05) is 18.2 Å². The predicted molar refractivity (Wildman–Crippen MR) is 65.4 cm³/mol. The van der Waals surface area contributed by atoms with Crippen molar-refractivity contribution in [2.45, 2.75) is 6.92 Å². The fourth-order valence-corrected chi connectivity index (χ4v) is 1.14. The quantitative estimate of drug-likeness (QED) is 0.401. The normalized spacial score (nSPS) is 11.4. The van der Waals surface area contributed by atoms with Gasteiger partial charge in [0.05, 0.1) is 27.2 Å². The molecule has 0 radical (unpaired) electrons. The van der Waals surface area contributed by atoms with Crippen LogP contribution < -0.4 is 4.74 Å². The van der Waals surface area contributed by atoms with Crippen molar-refractivity contribution in [3.05, 3.63) is 30.3 Å². The van der Waals surface area contributed by atoms with Crippen molar-refractivity contribution < 1.29 is 14.0 Å². The smallest absolute Gasteiger partial charge is 0.182 e. The van der Waals surface area contributed by atoms with Crippen LogP contribution in [0.5, 0.6) is 5.75 Å². The lowest BCUT2D eigenvalue weighted by molar-refractivity contribution is -0.908. The van der Waals surface area contributed by atoms with Crippen LogP contribution in [0.15, 0.2) is 30.3 Å². The molecule has 0 saturated heterocycles. The molecule has 0 atom stereocenters. The van der Waals surface area contributed by atoms with Crippen LogP contribution in [0.1, 0.15) is 6.92 Å². The van der Waals surface area contributed by atoms with Gasteiger partial charge in [-0.25, -0.2) is 0 Å². The fraction of sp³-hybridized carbons (Fsp3) is 0.538. The monoisotopic (exact) mass is 224 g/mol. The first-order chi connectivity index (χ1) is 7.64. The Balaban J connectivity index is 2.09. The molecule has 0 N–H and O–H groups in total. The third kappa shape index (κ3) is 5.14. The lowest BCUT2D eigenvalue weighted by Gasteiger charge is -2.27. The molecule has 16 heavy (non-hydrogen) atoms. The van der Waals surface area contributed by atoms with Crippen LogP contribution in [0.3, 0.4) is 0 Å². The molecule has 0 fully saturated rings. The van der Waals surface area contributed by atoms with Crippen LogP contribution in [0.2, 0.25) is 0 Å². The SMILES string of the molecule is CC[N+](C)(C)COCCOc1ccccc1. The Labute approximate surface area is 98.2 Å². The van der Waals surface area contributed by atoms with Crippen LogP contribution in [-0.4, -0.2) is 45.1 Å². The maximum Gasteiger partial charge on any atom is 0.182 e. The highest BCUT2D eigenvalue weighted by Gasteiger charge is 2.10. The number of para-hydroxylation sites is 1. The van der Waals surface area contributed by atoms with E-state index in [0.29, 0.717) is 13.2 Å². The molecule has 1 aromatic carbocycles. The van der Waals surface area contributed by atoms with Gasteiger partial charge in [0, 0.05) is 0 Å². The Kier molecular flexibility index (Phi) is 5.29. The van der Waals surface area contributed by atoms with E-state index in [1.165, 1.54) is 0 Å². The van der Waals surface area contributed by atoms with E-state index in [1.54, 1.807) is 0 Å². The van der Waals surface area contributed by atoms with Gasteiger partial charge >= 0.3 is 0 Å². The first-order valence-electron chi connectivity index (χ1n) is 5.71. The van der Waals surface area contributed by atoms with E-state index in [1.807, 2.05) is 30.3 Å². The number of rotatable bonds is 7. The van der Waals surface area contributed by atoms with Gasteiger partial charge in [-0.3, -0.25) is 0 Å². The maximum absolute atomic E-state index is 5.56. The summed E-state index contributed by atoms with van der Waals surface area (Å²) >= 11 is 0. The standard InChI is InChI=1S/C13H22NO2/c1-4-14(2,3)12-15-10-11-16-13-8-6-5-7-9-13/h5-9H,4,10-12H2,1-3H3/q+1. The summed E-state index contributed by atoms with van der Waals surface area (Å²) in [7, 11) is 4.30. The van der Waals surface area contributed by atoms with Crippen LogP contribution in [0, 0.1) is 0 Å². The Hall–Kier alpha value is -1.06. The Morgan fingerprint density at radius 2 is 1.75 bits per heavy atom. The lowest BCUT2D eigenvalue weighted by atomic mass is 10.3. The first kappa shape index (κ1) is 13.0. The van der Waals surface area contributed by atoms with Gasteiger partial charge in [0.2, 0.25) is 0 Å². The van der Waals surface area contributed by atoms with Gasteiger partial charge in [0.15, 0.2) is 6.73 Å². The minimum atomic E-state index is 0.605. The molecule has 1 rings (SSSR count). The number of nitrogens with zero attached hydrogens (tertiary/aromatic N) is 1. The molecule has 0 aliphatic carbocycles. The zero-order valence-electron chi connectivity index (χ0n) is 10.5. The number of hydrogen-bond donors (Lipinski definition) is 0. The van der Waals surface area contributed by atoms with E-state index in [-0.39, 0.29) is 0 Å².